The molecule has 1 aliphatic heterocycles. The van der Waals surface area contributed by atoms with E-state index in [2.05, 4.69) is 18.2 Å². The molecule has 0 spiro atoms. The van der Waals surface area contributed by atoms with Crippen LogP contribution in [-0.2, 0) is 12.8 Å². The summed E-state index contributed by atoms with van der Waals surface area (Å²) >= 11 is 0. The fourth-order valence-electron chi connectivity index (χ4n) is 3.15. The van der Waals surface area contributed by atoms with Crippen molar-refractivity contribution in [1.82, 2.24) is 9.80 Å². The molecule has 1 aromatic rings. The Morgan fingerprint density at radius 3 is 2.50 bits per heavy atom. The first-order valence-electron chi connectivity index (χ1n) is 6.76. The van der Waals surface area contributed by atoms with E-state index in [0.29, 0.717) is 0 Å². The standard InChI is InChI=1S/C15H20N2O/c1-16-10-14(17(2)15(16)18)13-8-7-11-5-3-4-6-12(11)9-13/h7-9,14H,3-6,10H2,1-2H3. The minimum Gasteiger partial charge on any atom is -0.325 e. The molecular formula is C15H20N2O. The van der Waals surface area contributed by atoms with E-state index < -0.39 is 0 Å². The number of carbonyl (C=O) groups excluding carboxylic acids is 1. The van der Waals surface area contributed by atoms with Gasteiger partial charge in [-0.1, -0.05) is 18.2 Å². The van der Waals surface area contributed by atoms with Gasteiger partial charge in [-0.25, -0.2) is 4.79 Å². The molecule has 18 heavy (non-hydrogen) atoms. The van der Waals surface area contributed by atoms with E-state index >= 15 is 0 Å². The van der Waals surface area contributed by atoms with Crippen LogP contribution in [0.4, 0.5) is 4.79 Å². The summed E-state index contributed by atoms with van der Waals surface area (Å²) in [6.45, 7) is 0.800. The number of hydrogen-bond acceptors (Lipinski definition) is 1. The number of benzene rings is 1. The molecule has 1 fully saturated rings. The van der Waals surface area contributed by atoms with Crippen LogP contribution in [0, 0.1) is 0 Å². The maximum absolute atomic E-state index is 11.8. The molecule has 96 valence electrons. The molecule has 1 atom stereocenters. The third-order valence-corrected chi connectivity index (χ3v) is 4.30. The third-order valence-electron chi connectivity index (χ3n) is 4.30. The summed E-state index contributed by atoms with van der Waals surface area (Å²) in [7, 11) is 3.77. The SMILES string of the molecule is CN1CC(c2ccc3c(c2)CCCC3)N(C)C1=O. The Labute approximate surface area is 108 Å². The van der Waals surface area contributed by atoms with Crippen LogP contribution in [0.5, 0.6) is 0 Å². The van der Waals surface area contributed by atoms with Gasteiger partial charge in [0.2, 0.25) is 0 Å². The maximum atomic E-state index is 11.8. The molecule has 0 aromatic heterocycles. The van der Waals surface area contributed by atoms with Crippen molar-refractivity contribution in [3.63, 3.8) is 0 Å². The highest BCUT2D eigenvalue weighted by molar-refractivity contribution is 5.76. The monoisotopic (exact) mass is 244 g/mol. The molecule has 1 unspecified atom stereocenters. The number of rotatable bonds is 1. The average Bonchev–Trinajstić information content (AvgIpc) is 2.66. The molecule has 0 saturated carbocycles. The number of nitrogens with zero attached hydrogens (tertiary/aromatic N) is 2. The molecule has 1 heterocycles. The molecule has 3 rings (SSSR count). The van der Waals surface area contributed by atoms with E-state index in [1.165, 1.54) is 42.4 Å². The van der Waals surface area contributed by atoms with Crippen molar-refractivity contribution in [1.29, 1.82) is 0 Å². The third kappa shape index (κ3) is 1.78. The van der Waals surface area contributed by atoms with Gasteiger partial charge in [-0.05, 0) is 42.4 Å². The highest BCUT2D eigenvalue weighted by Gasteiger charge is 2.33. The molecule has 3 heteroatoms. The number of carbonyl (C=O) groups is 1. The second-order valence-electron chi connectivity index (χ2n) is 5.53. The Hall–Kier alpha value is -1.51. The Morgan fingerprint density at radius 2 is 1.83 bits per heavy atom. The molecule has 3 nitrogen and oxygen atoms in total. The quantitative estimate of drug-likeness (QED) is 0.745. The lowest BCUT2D eigenvalue weighted by Gasteiger charge is -2.22. The van der Waals surface area contributed by atoms with Gasteiger partial charge in [0.1, 0.15) is 0 Å². The van der Waals surface area contributed by atoms with Gasteiger partial charge in [-0.15, -0.1) is 0 Å². The van der Waals surface area contributed by atoms with Crippen molar-refractivity contribution in [3.05, 3.63) is 34.9 Å². The molecular weight excluding hydrogens is 224 g/mol. The maximum Gasteiger partial charge on any atom is 0.320 e. The Kier molecular flexibility index (Phi) is 2.77. The van der Waals surface area contributed by atoms with Gasteiger partial charge in [0.15, 0.2) is 0 Å². The number of hydrogen-bond donors (Lipinski definition) is 0. The zero-order valence-electron chi connectivity index (χ0n) is 11.1. The molecule has 2 amide bonds. The van der Waals surface area contributed by atoms with Crippen LogP contribution in [-0.4, -0.2) is 36.5 Å². The first kappa shape index (κ1) is 11.6. The van der Waals surface area contributed by atoms with Crippen molar-refractivity contribution in [3.8, 4) is 0 Å². The Bertz CT molecular complexity index is 483. The molecule has 1 aromatic carbocycles. The number of fused-ring (bicyclic) bond motifs is 1. The van der Waals surface area contributed by atoms with Crippen molar-refractivity contribution >= 4 is 6.03 Å². The fourth-order valence-corrected chi connectivity index (χ4v) is 3.15. The summed E-state index contributed by atoms with van der Waals surface area (Å²) in [5.74, 6) is 0. The zero-order chi connectivity index (χ0) is 12.7. The van der Waals surface area contributed by atoms with Gasteiger partial charge < -0.3 is 9.80 Å². The van der Waals surface area contributed by atoms with E-state index in [9.17, 15) is 4.79 Å². The predicted octanol–water partition coefficient (Wildman–Crippen LogP) is 2.60. The van der Waals surface area contributed by atoms with Crippen molar-refractivity contribution in [2.75, 3.05) is 20.6 Å². The van der Waals surface area contributed by atoms with E-state index in [1.54, 1.807) is 4.90 Å². The lowest BCUT2D eigenvalue weighted by molar-refractivity contribution is 0.201. The second kappa shape index (κ2) is 4.30. The van der Waals surface area contributed by atoms with Crippen molar-refractivity contribution in [2.45, 2.75) is 31.7 Å². The van der Waals surface area contributed by atoms with Gasteiger partial charge in [-0.2, -0.15) is 0 Å². The molecule has 0 bridgehead atoms. The highest BCUT2D eigenvalue weighted by atomic mass is 16.2. The topological polar surface area (TPSA) is 23.6 Å². The smallest absolute Gasteiger partial charge is 0.320 e. The van der Waals surface area contributed by atoms with Gasteiger partial charge in [0, 0.05) is 20.6 Å². The Morgan fingerprint density at radius 1 is 1.11 bits per heavy atom. The second-order valence-corrected chi connectivity index (χ2v) is 5.53. The fraction of sp³-hybridized carbons (Fsp3) is 0.533. The summed E-state index contributed by atoms with van der Waals surface area (Å²) < 4.78 is 0. The minimum absolute atomic E-state index is 0.123. The number of urea groups is 1. The first-order valence-corrected chi connectivity index (χ1v) is 6.76. The predicted molar refractivity (Wildman–Crippen MR) is 71.6 cm³/mol. The number of amides is 2. The average molecular weight is 244 g/mol. The number of aryl methyl sites for hydroxylation is 2. The number of likely N-dealkylation sites (N-methyl/N-ethyl adjacent to an activating group) is 2. The lowest BCUT2D eigenvalue weighted by atomic mass is 9.89. The summed E-state index contributed by atoms with van der Waals surface area (Å²) in [5.41, 5.74) is 4.29. The van der Waals surface area contributed by atoms with Crippen LogP contribution < -0.4 is 0 Å². The molecule has 1 aliphatic carbocycles. The first-order chi connectivity index (χ1) is 8.66. The summed E-state index contributed by atoms with van der Waals surface area (Å²) in [6, 6.07) is 7.13. The van der Waals surface area contributed by atoms with Gasteiger partial charge in [0.05, 0.1) is 6.04 Å². The largest absolute Gasteiger partial charge is 0.325 e. The van der Waals surface area contributed by atoms with Gasteiger partial charge in [-0.3, -0.25) is 0 Å². The van der Waals surface area contributed by atoms with E-state index in [-0.39, 0.29) is 12.1 Å². The van der Waals surface area contributed by atoms with Crippen LogP contribution in [0.25, 0.3) is 0 Å². The van der Waals surface area contributed by atoms with Crippen LogP contribution >= 0.6 is 0 Å². The van der Waals surface area contributed by atoms with Crippen LogP contribution in [0.1, 0.15) is 35.6 Å². The van der Waals surface area contributed by atoms with Crippen LogP contribution in [0.3, 0.4) is 0 Å². The van der Waals surface area contributed by atoms with Crippen LogP contribution in [0.2, 0.25) is 0 Å². The summed E-state index contributed by atoms with van der Waals surface area (Å²) in [6.07, 6.45) is 5.03. The van der Waals surface area contributed by atoms with Crippen molar-refractivity contribution in [2.24, 2.45) is 0 Å². The minimum atomic E-state index is 0.123. The normalized spacial score (nSPS) is 23.4. The Balaban J connectivity index is 1.91. The van der Waals surface area contributed by atoms with Crippen molar-refractivity contribution < 1.29 is 4.79 Å². The summed E-state index contributed by atoms with van der Waals surface area (Å²) in [4.78, 5) is 15.5. The zero-order valence-corrected chi connectivity index (χ0v) is 11.1. The van der Waals surface area contributed by atoms with Gasteiger partial charge >= 0.3 is 6.03 Å². The van der Waals surface area contributed by atoms with Crippen LogP contribution in [0.15, 0.2) is 18.2 Å². The summed E-state index contributed by atoms with van der Waals surface area (Å²) in [5, 5.41) is 0. The van der Waals surface area contributed by atoms with Gasteiger partial charge in [0.25, 0.3) is 0 Å². The van der Waals surface area contributed by atoms with E-state index in [4.69, 9.17) is 0 Å². The molecule has 2 aliphatic rings. The molecule has 0 N–H and O–H groups in total. The molecule has 0 radical (unpaired) electrons. The highest BCUT2D eigenvalue weighted by Crippen LogP contribution is 2.30. The molecule has 1 saturated heterocycles. The van der Waals surface area contributed by atoms with E-state index in [0.717, 1.165) is 6.54 Å². The van der Waals surface area contributed by atoms with E-state index in [1.807, 2.05) is 19.0 Å². The lowest BCUT2D eigenvalue weighted by Crippen LogP contribution is -2.26.